The molecule has 0 aromatic carbocycles. The molecule has 0 saturated carbocycles. The second-order valence-electron chi connectivity index (χ2n) is 5.00. The van der Waals surface area contributed by atoms with Gasteiger partial charge in [0.15, 0.2) is 0 Å². The highest BCUT2D eigenvalue weighted by Crippen LogP contribution is 2.21. The summed E-state index contributed by atoms with van der Waals surface area (Å²) in [5.41, 5.74) is 0. The number of piperidine rings is 1. The fourth-order valence-electron chi connectivity index (χ4n) is 2.40. The zero-order chi connectivity index (χ0) is 9.84. The van der Waals surface area contributed by atoms with Gasteiger partial charge in [-0.15, -0.1) is 0 Å². The number of aliphatic hydroxyl groups excluding tert-OH is 1. The van der Waals surface area contributed by atoms with Crippen molar-refractivity contribution in [2.24, 2.45) is 17.8 Å². The molecule has 1 fully saturated rings. The molecule has 1 heterocycles. The summed E-state index contributed by atoms with van der Waals surface area (Å²) in [5.74, 6) is 2.01. The van der Waals surface area contributed by atoms with Gasteiger partial charge in [-0.1, -0.05) is 20.8 Å². The van der Waals surface area contributed by atoms with E-state index in [4.69, 9.17) is 5.11 Å². The fraction of sp³-hybridized carbons (Fsp3) is 1.00. The van der Waals surface area contributed by atoms with Crippen LogP contribution in [0.1, 0.15) is 27.2 Å². The van der Waals surface area contributed by atoms with Gasteiger partial charge in [-0.2, -0.15) is 0 Å². The van der Waals surface area contributed by atoms with Crippen molar-refractivity contribution in [3.05, 3.63) is 0 Å². The van der Waals surface area contributed by atoms with Crippen LogP contribution in [0.2, 0.25) is 0 Å². The van der Waals surface area contributed by atoms with Crippen LogP contribution >= 0.6 is 0 Å². The Balaban J connectivity index is 2.37. The molecular formula is C11H23NO. The molecule has 13 heavy (non-hydrogen) atoms. The molecule has 0 radical (unpaired) electrons. The molecule has 0 aromatic heterocycles. The van der Waals surface area contributed by atoms with Gasteiger partial charge in [-0.3, -0.25) is 0 Å². The summed E-state index contributed by atoms with van der Waals surface area (Å²) < 4.78 is 0. The predicted octanol–water partition coefficient (Wildman–Crippen LogP) is 1.59. The Labute approximate surface area is 81.9 Å². The number of rotatable bonds is 3. The van der Waals surface area contributed by atoms with Crippen LogP contribution in [0.5, 0.6) is 0 Å². The topological polar surface area (TPSA) is 23.5 Å². The first-order valence-corrected chi connectivity index (χ1v) is 5.45. The number of hydrogen-bond donors (Lipinski definition) is 1. The van der Waals surface area contributed by atoms with Crippen LogP contribution in [0, 0.1) is 17.8 Å². The Bertz CT molecular complexity index is 145. The van der Waals surface area contributed by atoms with Gasteiger partial charge in [0.2, 0.25) is 0 Å². The lowest BCUT2D eigenvalue weighted by atomic mass is 9.90. The Hall–Kier alpha value is -0.0800. The van der Waals surface area contributed by atoms with Crippen molar-refractivity contribution >= 4 is 0 Å². The van der Waals surface area contributed by atoms with E-state index in [1.807, 2.05) is 0 Å². The van der Waals surface area contributed by atoms with E-state index in [2.05, 4.69) is 25.7 Å². The summed E-state index contributed by atoms with van der Waals surface area (Å²) in [5, 5.41) is 9.13. The van der Waals surface area contributed by atoms with Gasteiger partial charge in [-0.25, -0.2) is 0 Å². The molecule has 1 aliphatic heterocycles. The molecule has 0 aliphatic carbocycles. The molecule has 2 atom stereocenters. The fourth-order valence-corrected chi connectivity index (χ4v) is 2.40. The van der Waals surface area contributed by atoms with E-state index < -0.39 is 0 Å². The van der Waals surface area contributed by atoms with Gasteiger partial charge < -0.3 is 10.0 Å². The quantitative estimate of drug-likeness (QED) is 0.722. The maximum absolute atomic E-state index is 9.13. The van der Waals surface area contributed by atoms with Crippen LogP contribution in [0.3, 0.4) is 0 Å². The molecule has 0 amide bonds. The highest BCUT2D eigenvalue weighted by molar-refractivity contribution is 4.77. The standard InChI is InChI=1S/C11H23NO/c1-9(2)5-12-6-10(3)4-11(7-12)8-13/h9-11,13H,4-8H2,1-3H3. The molecule has 2 unspecified atom stereocenters. The highest BCUT2D eigenvalue weighted by atomic mass is 16.3. The lowest BCUT2D eigenvalue weighted by Crippen LogP contribution is -2.42. The number of hydrogen-bond acceptors (Lipinski definition) is 2. The Morgan fingerprint density at radius 2 is 2.08 bits per heavy atom. The van der Waals surface area contributed by atoms with E-state index in [9.17, 15) is 0 Å². The summed E-state index contributed by atoms with van der Waals surface area (Å²) >= 11 is 0. The molecule has 0 spiro atoms. The number of nitrogens with zero attached hydrogens (tertiary/aromatic N) is 1. The summed E-state index contributed by atoms with van der Waals surface area (Å²) in [6.07, 6.45) is 1.20. The van der Waals surface area contributed by atoms with Gasteiger partial charge >= 0.3 is 0 Å². The molecule has 1 aliphatic rings. The normalized spacial score (nSPS) is 31.2. The van der Waals surface area contributed by atoms with Crippen molar-refractivity contribution in [1.29, 1.82) is 0 Å². The summed E-state index contributed by atoms with van der Waals surface area (Å²) in [6, 6.07) is 0. The molecule has 1 N–H and O–H groups in total. The SMILES string of the molecule is CC(C)CN1CC(C)CC(CO)C1. The maximum atomic E-state index is 9.13. The van der Waals surface area contributed by atoms with E-state index in [1.165, 1.54) is 19.5 Å². The number of likely N-dealkylation sites (tertiary alicyclic amines) is 1. The molecule has 78 valence electrons. The smallest absolute Gasteiger partial charge is 0.0471 e. The summed E-state index contributed by atoms with van der Waals surface area (Å²) in [4.78, 5) is 2.50. The van der Waals surface area contributed by atoms with Crippen LogP contribution in [-0.2, 0) is 0 Å². The van der Waals surface area contributed by atoms with Crippen molar-refractivity contribution in [3.63, 3.8) is 0 Å². The minimum Gasteiger partial charge on any atom is -0.396 e. The summed E-state index contributed by atoms with van der Waals surface area (Å²) in [7, 11) is 0. The zero-order valence-corrected chi connectivity index (χ0v) is 9.16. The molecular weight excluding hydrogens is 162 g/mol. The minimum atomic E-state index is 0.360. The monoisotopic (exact) mass is 185 g/mol. The van der Waals surface area contributed by atoms with Gasteiger partial charge in [0, 0.05) is 26.2 Å². The van der Waals surface area contributed by atoms with Crippen LogP contribution in [-0.4, -0.2) is 36.2 Å². The van der Waals surface area contributed by atoms with E-state index >= 15 is 0 Å². The van der Waals surface area contributed by atoms with Crippen LogP contribution in [0.25, 0.3) is 0 Å². The molecule has 2 nitrogen and oxygen atoms in total. The van der Waals surface area contributed by atoms with Crippen molar-refractivity contribution in [2.75, 3.05) is 26.2 Å². The Morgan fingerprint density at radius 3 is 2.62 bits per heavy atom. The Kier molecular flexibility index (Phi) is 4.20. The van der Waals surface area contributed by atoms with Gasteiger partial charge in [0.1, 0.15) is 0 Å². The zero-order valence-electron chi connectivity index (χ0n) is 9.16. The molecule has 1 saturated heterocycles. The lowest BCUT2D eigenvalue weighted by molar-refractivity contribution is 0.0826. The highest BCUT2D eigenvalue weighted by Gasteiger charge is 2.24. The van der Waals surface area contributed by atoms with E-state index in [0.29, 0.717) is 12.5 Å². The van der Waals surface area contributed by atoms with Crippen molar-refractivity contribution in [1.82, 2.24) is 4.90 Å². The first-order chi connectivity index (χ1) is 6.11. The van der Waals surface area contributed by atoms with E-state index in [-0.39, 0.29) is 0 Å². The minimum absolute atomic E-state index is 0.360. The average Bonchev–Trinajstić information content (AvgIpc) is 2.01. The lowest BCUT2D eigenvalue weighted by Gasteiger charge is -2.36. The first kappa shape index (κ1) is 11.0. The predicted molar refractivity (Wildman–Crippen MR) is 55.6 cm³/mol. The van der Waals surface area contributed by atoms with Crippen LogP contribution in [0.15, 0.2) is 0 Å². The second-order valence-corrected chi connectivity index (χ2v) is 5.00. The first-order valence-electron chi connectivity index (χ1n) is 5.45. The van der Waals surface area contributed by atoms with Gasteiger partial charge in [0.25, 0.3) is 0 Å². The van der Waals surface area contributed by atoms with Crippen molar-refractivity contribution in [2.45, 2.75) is 27.2 Å². The maximum Gasteiger partial charge on any atom is 0.0471 e. The van der Waals surface area contributed by atoms with Crippen molar-refractivity contribution < 1.29 is 5.11 Å². The van der Waals surface area contributed by atoms with E-state index in [0.717, 1.165) is 18.4 Å². The van der Waals surface area contributed by atoms with Crippen LogP contribution in [0.4, 0.5) is 0 Å². The molecule has 0 bridgehead atoms. The molecule has 2 heteroatoms. The number of aliphatic hydroxyl groups is 1. The Morgan fingerprint density at radius 1 is 1.38 bits per heavy atom. The molecule has 0 aromatic rings. The van der Waals surface area contributed by atoms with Gasteiger partial charge in [-0.05, 0) is 24.2 Å². The van der Waals surface area contributed by atoms with Gasteiger partial charge in [0.05, 0.1) is 0 Å². The van der Waals surface area contributed by atoms with E-state index in [1.54, 1.807) is 0 Å². The third-order valence-electron chi connectivity index (χ3n) is 2.70. The average molecular weight is 185 g/mol. The molecule has 1 rings (SSSR count). The second kappa shape index (κ2) is 4.97. The van der Waals surface area contributed by atoms with Crippen LogP contribution < -0.4 is 0 Å². The largest absolute Gasteiger partial charge is 0.396 e. The third-order valence-corrected chi connectivity index (χ3v) is 2.70. The third kappa shape index (κ3) is 3.65. The van der Waals surface area contributed by atoms with Crippen molar-refractivity contribution in [3.8, 4) is 0 Å². The summed E-state index contributed by atoms with van der Waals surface area (Å²) in [6.45, 7) is 10.7.